The molecule has 0 saturated carbocycles. The molecule has 0 atom stereocenters. The van der Waals surface area contributed by atoms with Gasteiger partial charge in [0, 0.05) is 11.8 Å². The van der Waals surface area contributed by atoms with E-state index < -0.39 is 10.8 Å². The van der Waals surface area contributed by atoms with Crippen molar-refractivity contribution >= 4 is 46.2 Å². The van der Waals surface area contributed by atoms with Crippen molar-refractivity contribution in [3.05, 3.63) is 62.7 Å². The summed E-state index contributed by atoms with van der Waals surface area (Å²) < 4.78 is 5.44. The Morgan fingerprint density at radius 3 is 2.62 bits per heavy atom. The first-order valence-corrected chi connectivity index (χ1v) is 8.30. The van der Waals surface area contributed by atoms with Crippen molar-refractivity contribution < 1.29 is 14.5 Å². The Hall–Kier alpha value is -2.71. The number of anilines is 1. The molecule has 0 spiro atoms. The van der Waals surface area contributed by atoms with Gasteiger partial charge in [0.05, 0.1) is 4.92 Å². The van der Waals surface area contributed by atoms with E-state index >= 15 is 0 Å². The summed E-state index contributed by atoms with van der Waals surface area (Å²) >= 11 is 11.0. The second-order valence-corrected chi connectivity index (χ2v) is 6.25. The van der Waals surface area contributed by atoms with Gasteiger partial charge in [-0.05, 0) is 49.3 Å². The second-order valence-electron chi connectivity index (χ2n) is 5.43. The van der Waals surface area contributed by atoms with Crippen LogP contribution in [0.3, 0.4) is 0 Å². The topological polar surface area (TPSA) is 93.5 Å². The molecule has 26 heavy (non-hydrogen) atoms. The van der Waals surface area contributed by atoms with Crippen LogP contribution in [0, 0.1) is 24.0 Å². The highest BCUT2D eigenvalue weighted by Gasteiger charge is 2.16. The van der Waals surface area contributed by atoms with Gasteiger partial charge in [0.15, 0.2) is 11.7 Å². The minimum absolute atomic E-state index is 0.0277. The van der Waals surface area contributed by atoms with E-state index in [1.54, 1.807) is 13.0 Å². The normalized spacial score (nSPS) is 10.1. The lowest BCUT2D eigenvalue weighted by Crippen LogP contribution is -2.37. The predicted octanol–water partition coefficient (Wildman–Crippen LogP) is 3.76. The number of hydrogen-bond acceptors (Lipinski definition) is 5. The number of nitro groups is 1. The number of carbonyl (C=O) groups excluding carboxylic acids is 1. The van der Waals surface area contributed by atoms with Crippen molar-refractivity contribution in [1.82, 2.24) is 5.32 Å². The monoisotopic (exact) mass is 393 g/mol. The van der Waals surface area contributed by atoms with E-state index in [-0.39, 0.29) is 22.4 Å². The van der Waals surface area contributed by atoms with Crippen LogP contribution < -0.4 is 15.4 Å². The average Bonchev–Trinajstić information content (AvgIpc) is 2.56. The average molecular weight is 394 g/mol. The Morgan fingerprint density at radius 2 is 1.96 bits per heavy atom. The van der Waals surface area contributed by atoms with Crippen LogP contribution in [-0.4, -0.2) is 22.5 Å². The minimum Gasteiger partial charge on any atom is -0.483 e. The van der Waals surface area contributed by atoms with Gasteiger partial charge in [-0.3, -0.25) is 20.2 Å². The first-order valence-electron chi connectivity index (χ1n) is 7.51. The van der Waals surface area contributed by atoms with Gasteiger partial charge in [0.25, 0.3) is 11.6 Å². The standard InChI is InChI=1S/C17H16ClN3O4S/c1-10-5-3-4-6-15(10)25-9-16(22)20-17(26)19-13-8-12(18)14(21(23)24)7-11(13)2/h3-8H,9H2,1-2H3,(H2,19,20,22,26). The van der Waals surface area contributed by atoms with E-state index in [2.05, 4.69) is 10.6 Å². The Bertz CT molecular complexity index is 873. The van der Waals surface area contributed by atoms with Crippen LogP contribution in [0.25, 0.3) is 0 Å². The molecule has 136 valence electrons. The summed E-state index contributed by atoms with van der Waals surface area (Å²) in [4.78, 5) is 22.2. The molecule has 0 radical (unpaired) electrons. The van der Waals surface area contributed by atoms with E-state index in [0.29, 0.717) is 17.0 Å². The van der Waals surface area contributed by atoms with Crippen LogP contribution in [0.1, 0.15) is 11.1 Å². The number of nitrogens with zero attached hydrogens (tertiary/aromatic N) is 1. The van der Waals surface area contributed by atoms with Crippen molar-refractivity contribution in [2.45, 2.75) is 13.8 Å². The van der Waals surface area contributed by atoms with Gasteiger partial charge < -0.3 is 10.1 Å². The quantitative estimate of drug-likeness (QED) is 0.456. The number of hydrogen-bond donors (Lipinski definition) is 2. The first kappa shape index (κ1) is 19.6. The number of nitro benzene ring substituents is 1. The van der Waals surface area contributed by atoms with Gasteiger partial charge in [-0.1, -0.05) is 29.8 Å². The number of amides is 1. The summed E-state index contributed by atoms with van der Waals surface area (Å²) in [6, 6.07) is 10.0. The van der Waals surface area contributed by atoms with E-state index in [1.807, 2.05) is 25.1 Å². The third kappa shape index (κ3) is 5.14. The van der Waals surface area contributed by atoms with Gasteiger partial charge in [-0.25, -0.2) is 0 Å². The summed E-state index contributed by atoms with van der Waals surface area (Å²) in [6.07, 6.45) is 0. The van der Waals surface area contributed by atoms with Gasteiger partial charge in [-0.15, -0.1) is 0 Å². The molecular formula is C17H16ClN3O4S. The lowest BCUT2D eigenvalue weighted by Gasteiger charge is -2.13. The predicted molar refractivity (Wildman–Crippen MR) is 104 cm³/mol. The molecule has 0 saturated heterocycles. The molecule has 0 aliphatic carbocycles. The minimum atomic E-state index is -0.567. The fourth-order valence-corrected chi connectivity index (χ4v) is 2.58. The van der Waals surface area contributed by atoms with Crippen LogP contribution in [0.2, 0.25) is 5.02 Å². The number of para-hydroxylation sites is 1. The molecule has 2 rings (SSSR count). The van der Waals surface area contributed by atoms with Gasteiger partial charge in [0.2, 0.25) is 0 Å². The molecule has 1 amide bonds. The number of benzene rings is 2. The number of aryl methyl sites for hydroxylation is 2. The third-order valence-electron chi connectivity index (χ3n) is 3.44. The molecular weight excluding hydrogens is 378 g/mol. The lowest BCUT2D eigenvalue weighted by molar-refractivity contribution is -0.384. The second kappa shape index (κ2) is 8.59. The maximum atomic E-state index is 11.9. The summed E-state index contributed by atoms with van der Waals surface area (Å²) in [5.41, 5.74) is 1.74. The number of rotatable bonds is 5. The van der Waals surface area contributed by atoms with E-state index in [4.69, 9.17) is 28.6 Å². The zero-order chi connectivity index (χ0) is 19.3. The molecule has 2 aromatic carbocycles. The Kier molecular flexibility index (Phi) is 6.48. The third-order valence-corrected chi connectivity index (χ3v) is 3.95. The van der Waals surface area contributed by atoms with Crippen LogP contribution in [0.4, 0.5) is 11.4 Å². The Morgan fingerprint density at radius 1 is 1.27 bits per heavy atom. The SMILES string of the molecule is Cc1cc([N+](=O)[O-])c(Cl)cc1NC(=S)NC(=O)COc1ccccc1C. The summed E-state index contributed by atoms with van der Waals surface area (Å²) in [5.74, 6) is 0.177. The highest BCUT2D eigenvalue weighted by molar-refractivity contribution is 7.80. The van der Waals surface area contributed by atoms with E-state index in [0.717, 1.165) is 5.56 Å². The van der Waals surface area contributed by atoms with Gasteiger partial charge in [0.1, 0.15) is 10.8 Å². The van der Waals surface area contributed by atoms with Crippen molar-refractivity contribution in [3.8, 4) is 5.75 Å². The molecule has 0 aliphatic heterocycles. The summed E-state index contributed by atoms with van der Waals surface area (Å²) in [6.45, 7) is 3.34. The van der Waals surface area contributed by atoms with Crippen LogP contribution in [0.5, 0.6) is 5.75 Å². The zero-order valence-corrected chi connectivity index (χ0v) is 15.6. The molecule has 0 fully saturated rings. The maximum Gasteiger partial charge on any atom is 0.288 e. The van der Waals surface area contributed by atoms with Crippen molar-refractivity contribution in [3.63, 3.8) is 0 Å². The van der Waals surface area contributed by atoms with Crippen molar-refractivity contribution in [1.29, 1.82) is 0 Å². The number of carbonyl (C=O) groups is 1. The fourth-order valence-electron chi connectivity index (χ4n) is 2.12. The lowest BCUT2D eigenvalue weighted by atomic mass is 10.2. The summed E-state index contributed by atoms with van der Waals surface area (Å²) in [5, 5.41) is 16.2. The molecule has 0 bridgehead atoms. The first-order chi connectivity index (χ1) is 12.3. The van der Waals surface area contributed by atoms with Crippen molar-refractivity contribution in [2.75, 3.05) is 11.9 Å². The van der Waals surface area contributed by atoms with Gasteiger partial charge >= 0.3 is 0 Å². The molecule has 0 heterocycles. The number of thiocarbonyl (C=S) groups is 1. The number of nitrogens with one attached hydrogen (secondary N) is 2. The molecule has 0 unspecified atom stereocenters. The molecule has 0 aromatic heterocycles. The zero-order valence-electron chi connectivity index (χ0n) is 14.0. The molecule has 2 aromatic rings. The molecule has 2 N–H and O–H groups in total. The smallest absolute Gasteiger partial charge is 0.288 e. The Balaban J connectivity index is 1.94. The van der Waals surface area contributed by atoms with Crippen LogP contribution >= 0.6 is 23.8 Å². The maximum absolute atomic E-state index is 11.9. The largest absolute Gasteiger partial charge is 0.483 e. The highest BCUT2D eigenvalue weighted by Crippen LogP contribution is 2.30. The van der Waals surface area contributed by atoms with Crippen molar-refractivity contribution in [2.24, 2.45) is 0 Å². The highest BCUT2D eigenvalue weighted by atomic mass is 35.5. The van der Waals surface area contributed by atoms with E-state index in [9.17, 15) is 14.9 Å². The fraction of sp³-hybridized carbons (Fsp3) is 0.176. The van der Waals surface area contributed by atoms with Crippen LogP contribution in [-0.2, 0) is 4.79 Å². The molecule has 0 aliphatic rings. The molecule has 9 heteroatoms. The summed E-state index contributed by atoms with van der Waals surface area (Å²) in [7, 11) is 0. The number of ether oxygens (including phenoxy) is 1. The number of halogens is 1. The Labute approximate surface area is 160 Å². The van der Waals surface area contributed by atoms with Gasteiger partial charge in [-0.2, -0.15) is 0 Å². The van der Waals surface area contributed by atoms with E-state index in [1.165, 1.54) is 12.1 Å². The molecule has 7 nitrogen and oxygen atoms in total. The van der Waals surface area contributed by atoms with Crippen LogP contribution in [0.15, 0.2) is 36.4 Å².